The normalized spacial score (nSPS) is 10.8. The van der Waals surface area contributed by atoms with Crippen molar-refractivity contribution in [2.45, 2.75) is 20.4 Å². The largest absolute Gasteiger partial charge is 0.479 e. The first kappa shape index (κ1) is 9.83. The Labute approximate surface area is 86.2 Å². The average molecular weight is 280 g/mol. The number of aromatic nitrogens is 2. The van der Waals surface area contributed by atoms with Crippen LogP contribution in [0.2, 0.25) is 0 Å². The highest BCUT2D eigenvalue weighted by atomic mass is 127. The molecule has 1 aromatic heterocycles. The molecule has 0 bridgehead atoms. The highest BCUT2D eigenvalue weighted by Gasteiger charge is 2.06. The third-order valence-corrected chi connectivity index (χ3v) is 2.17. The Morgan fingerprint density at radius 2 is 2.33 bits per heavy atom. The van der Waals surface area contributed by atoms with Gasteiger partial charge in [-0.05, 0) is 28.5 Å². The van der Waals surface area contributed by atoms with Crippen LogP contribution >= 0.6 is 22.6 Å². The second kappa shape index (κ2) is 4.11. The van der Waals surface area contributed by atoms with Crippen molar-refractivity contribution in [3.05, 3.63) is 9.77 Å². The van der Waals surface area contributed by atoms with E-state index in [1.165, 1.54) is 0 Å². The summed E-state index contributed by atoms with van der Waals surface area (Å²) in [6, 6.07) is 0. The topological polar surface area (TPSA) is 27.1 Å². The molecule has 0 atom stereocenters. The lowest BCUT2D eigenvalue weighted by Gasteiger charge is -2.02. The van der Waals surface area contributed by atoms with Crippen molar-refractivity contribution in [3.63, 3.8) is 0 Å². The van der Waals surface area contributed by atoms with Crippen LogP contribution in [0, 0.1) is 9.49 Å². The quantitative estimate of drug-likeness (QED) is 0.793. The van der Waals surface area contributed by atoms with Crippen molar-refractivity contribution in [3.8, 4) is 5.88 Å². The molecule has 0 aliphatic rings. The average Bonchev–Trinajstić information content (AvgIpc) is 2.29. The molecule has 0 amide bonds. The van der Waals surface area contributed by atoms with Crippen molar-refractivity contribution in [2.24, 2.45) is 5.92 Å². The predicted molar refractivity (Wildman–Crippen MR) is 56.3 cm³/mol. The van der Waals surface area contributed by atoms with Gasteiger partial charge in [-0.25, -0.2) is 0 Å². The first-order valence-electron chi connectivity index (χ1n) is 3.90. The number of hydrogen-bond donors (Lipinski definition) is 0. The van der Waals surface area contributed by atoms with E-state index in [-0.39, 0.29) is 0 Å². The molecule has 68 valence electrons. The first-order chi connectivity index (χ1) is 5.63. The van der Waals surface area contributed by atoms with Crippen molar-refractivity contribution < 1.29 is 4.74 Å². The van der Waals surface area contributed by atoms with Crippen LogP contribution in [0.5, 0.6) is 5.88 Å². The van der Waals surface area contributed by atoms with Gasteiger partial charge in [-0.2, -0.15) is 0 Å². The zero-order valence-corrected chi connectivity index (χ0v) is 9.70. The van der Waals surface area contributed by atoms with Crippen molar-refractivity contribution >= 4 is 22.6 Å². The van der Waals surface area contributed by atoms with E-state index in [4.69, 9.17) is 4.74 Å². The van der Waals surface area contributed by atoms with Gasteiger partial charge < -0.3 is 4.74 Å². The maximum Gasteiger partial charge on any atom is 0.246 e. The molecule has 0 radical (unpaired) electrons. The van der Waals surface area contributed by atoms with E-state index in [1.807, 2.05) is 10.9 Å². The van der Waals surface area contributed by atoms with E-state index < -0.39 is 0 Å². The lowest BCUT2D eigenvalue weighted by Crippen LogP contribution is -2.04. The van der Waals surface area contributed by atoms with Gasteiger partial charge in [-0.1, -0.05) is 13.8 Å². The molecule has 12 heavy (non-hydrogen) atoms. The molecule has 0 fully saturated rings. The predicted octanol–water partition coefficient (Wildman–Crippen LogP) is 2.15. The second-order valence-corrected chi connectivity index (χ2v) is 4.26. The summed E-state index contributed by atoms with van der Waals surface area (Å²) in [4.78, 5) is 0. The highest BCUT2D eigenvalue weighted by molar-refractivity contribution is 14.1. The Morgan fingerprint density at radius 1 is 1.67 bits per heavy atom. The zero-order chi connectivity index (χ0) is 9.14. The number of nitrogens with zero attached hydrogens (tertiary/aromatic N) is 2. The van der Waals surface area contributed by atoms with Crippen LogP contribution in [0.4, 0.5) is 0 Å². The molecular formula is C8H13IN2O. The van der Waals surface area contributed by atoms with Gasteiger partial charge >= 0.3 is 0 Å². The van der Waals surface area contributed by atoms with Gasteiger partial charge in [0.15, 0.2) is 0 Å². The number of hydrogen-bond acceptors (Lipinski definition) is 2. The van der Waals surface area contributed by atoms with E-state index >= 15 is 0 Å². The van der Waals surface area contributed by atoms with Crippen LogP contribution in [0.1, 0.15) is 13.8 Å². The van der Waals surface area contributed by atoms with Crippen LogP contribution in [0.25, 0.3) is 0 Å². The van der Waals surface area contributed by atoms with Gasteiger partial charge in [0.05, 0.1) is 10.7 Å². The molecular weight excluding hydrogens is 267 g/mol. The van der Waals surface area contributed by atoms with E-state index in [2.05, 4.69) is 41.5 Å². The minimum Gasteiger partial charge on any atom is -0.479 e. The van der Waals surface area contributed by atoms with Crippen molar-refractivity contribution in [1.82, 2.24) is 9.78 Å². The molecule has 1 rings (SSSR count). The number of rotatable bonds is 3. The Morgan fingerprint density at radius 3 is 2.75 bits per heavy atom. The molecule has 4 heteroatoms. The van der Waals surface area contributed by atoms with Gasteiger partial charge in [-0.3, -0.25) is 4.68 Å². The summed E-state index contributed by atoms with van der Waals surface area (Å²) in [6.45, 7) is 5.28. The second-order valence-electron chi connectivity index (χ2n) is 3.10. The summed E-state index contributed by atoms with van der Waals surface area (Å²) in [7, 11) is 1.64. The highest BCUT2D eigenvalue weighted by Crippen LogP contribution is 2.17. The zero-order valence-electron chi connectivity index (χ0n) is 7.54. The van der Waals surface area contributed by atoms with Crippen LogP contribution in [0.3, 0.4) is 0 Å². The lowest BCUT2D eigenvalue weighted by molar-refractivity contribution is 0.379. The maximum absolute atomic E-state index is 5.07. The van der Waals surface area contributed by atoms with Gasteiger partial charge in [-0.15, -0.1) is 5.10 Å². The summed E-state index contributed by atoms with van der Waals surface area (Å²) in [5.74, 6) is 1.33. The molecule has 0 unspecified atom stereocenters. The third kappa shape index (κ3) is 2.36. The molecule has 1 aromatic rings. The summed E-state index contributed by atoms with van der Waals surface area (Å²) in [5.41, 5.74) is 0. The Balaban J connectivity index is 2.75. The Bertz CT molecular complexity index is 258. The summed E-state index contributed by atoms with van der Waals surface area (Å²) in [5, 5.41) is 4.26. The minimum absolute atomic E-state index is 0.616. The van der Waals surface area contributed by atoms with Gasteiger partial charge in [0, 0.05) is 12.7 Å². The van der Waals surface area contributed by atoms with Crippen LogP contribution in [0.15, 0.2) is 6.20 Å². The van der Waals surface area contributed by atoms with E-state index in [0.717, 1.165) is 16.0 Å². The Hall–Kier alpha value is -0.260. The van der Waals surface area contributed by atoms with Crippen LogP contribution in [-0.4, -0.2) is 16.9 Å². The smallest absolute Gasteiger partial charge is 0.246 e. The van der Waals surface area contributed by atoms with Crippen LogP contribution in [-0.2, 0) is 6.54 Å². The molecule has 0 aromatic carbocycles. The molecule has 0 saturated carbocycles. The number of ether oxygens (including phenoxy) is 1. The molecule has 0 N–H and O–H groups in total. The third-order valence-electron chi connectivity index (χ3n) is 1.43. The monoisotopic (exact) mass is 280 g/mol. The maximum atomic E-state index is 5.07. The fourth-order valence-corrected chi connectivity index (χ4v) is 1.63. The van der Waals surface area contributed by atoms with E-state index in [0.29, 0.717) is 5.92 Å². The van der Waals surface area contributed by atoms with Crippen molar-refractivity contribution in [2.75, 3.05) is 7.11 Å². The van der Waals surface area contributed by atoms with Crippen LogP contribution < -0.4 is 4.74 Å². The lowest BCUT2D eigenvalue weighted by atomic mass is 10.2. The van der Waals surface area contributed by atoms with E-state index in [9.17, 15) is 0 Å². The molecule has 0 saturated heterocycles. The SMILES string of the molecule is COc1nn(CC(C)C)cc1I. The molecule has 3 nitrogen and oxygen atoms in total. The summed E-state index contributed by atoms with van der Waals surface area (Å²) >= 11 is 2.22. The number of methoxy groups -OCH3 is 1. The minimum atomic E-state index is 0.616. The summed E-state index contributed by atoms with van der Waals surface area (Å²) < 4.78 is 8.06. The van der Waals surface area contributed by atoms with Gasteiger partial charge in [0.1, 0.15) is 0 Å². The molecule has 0 aliphatic carbocycles. The van der Waals surface area contributed by atoms with E-state index in [1.54, 1.807) is 7.11 Å². The molecule has 0 spiro atoms. The van der Waals surface area contributed by atoms with Gasteiger partial charge in [0.2, 0.25) is 5.88 Å². The molecule has 1 heterocycles. The molecule has 0 aliphatic heterocycles. The fourth-order valence-electron chi connectivity index (χ4n) is 0.985. The van der Waals surface area contributed by atoms with Crippen molar-refractivity contribution in [1.29, 1.82) is 0 Å². The first-order valence-corrected chi connectivity index (χ1v) is 4.98. The fraction of sp³-hybridized carbons (Fsp3) is 0.625. The van der Waals surface area contributed by atoms with Gasteiger partial charge in [0.25, 0.3) is 0 Å². The summed E-state index contributed by atoms with van der Waals surface area (Å²) in [6.07, 6.45) is 2.00. The Kier molecular flexibility index (Phi) is 3.37. The number of halogens is 1. The standard InChI is InChI=1S/C8H13IN2O/c1-6(2)4-11-5-7(9)8(10-11)12-3/h5-6H,4H2,1-3H3.